The van der Waals surface area contributed by atoms with Gasteiger partial charge in [0.25, 0.3) is 0 Å². The number of aliphatic hydroxyl groups excluding tert-OH is 1. The van der Waals surface area contributed by atoms with Gasteiger partial charge in [-0.1, -0.05) is 6.92 Å². The first-order valence-corrected chi connectivity index (χ1v) is 6.97. The zero-order valence-electron chi connectivity index (χ0n) is 10.7. The third kappa shape index (κ3) is 2.70. The summed E-state index contributed by atoms with van der Waals surface area (Å²) in [7, 11) is -1.93. The topological polar surface area (TPSA) is 73.4 Å². The number of sulfonamides is 1. The van der Waals surface area contributed by atoms with Crippen LogP contribution in [0.15, 0.2) is 17.2 Å². The van der Waals surface area contributed by atoms with E-state index in [1.54, 1.807) is 7.05 Å². The molecule has 0 saturated heterocycles. The predicted octanol–water partition coefficient (Wildman–Crippen LogP) is 1.32. The molecule has 0 fully saturated rings. The quantitative estimate of drug-likeness (QED) is 0.838. The molecule has 5 nitrogen and oxygen atoms in total. The molecule has 0 radical (unpaired) electrons. The molecular formula is C11H20N2O3S. The van der Waals surface area contributed by atoms with Gasteiger partial charge in [0.1, 0.15) is 0 Å². The lowest BCUT2D eigenvalue weighted by Gasteiger charge is -2.33. The molecule has 1 heterocycles. The van der Waals surface area contributed by atoms with Gasteiger partial charge in [-0.2, -0.15) is 4.31 Å². The van der Waals surface area contributed by atoms with Gasteiger partial charge in [-0.05, 0) is 26.3 Å². The van der Waals surface area contributed by atoms with Crippen LogP contribution in [0.1, 0.15) is 32.9 Å². The Balaban J connectivity index is 3.11. The SMILES string of the molecule is CCC(C)(C)N(C)S(=O)(=O)c1c[nH]c(CO)c1. The maximum absolute atomic E-state index is 12.3. The van der Waals surface area contributed by atoms with Crippen LogP contribution in [0.3, 0.4) is 0 Å². The van der Waals surface area contributed by atoms with E-state index < -0.39 is 15.6 Å². The van der Waals surface area contributed by atoms with Crippen molar-refractivity contribution in [2.75, 3.05) is 7.05 Å². The number of nitrogens with zero attached hydrogens (tertiary/aromatic N) is 1. The molecule has 6 heteroatoms. The predicted molar refractivity (Wildman–Crippen MR) is 66.0 cm³/mol. The molecule has 1 aromatic rings. The number of H-pyrrole nitrogens is 1. The van der Waals surface area contributed by atoms with Crippen LogP contribution in [0.25, 0.3) is 0 Å². The molecule has 0 aliphatic heterocycles. The molecule has 17 heavy (non-hydrogen) atoms. The van der Waals surface area contributed by atoms with Crippen LogP contribution < -0.4 is 0 Å². The first-order chi connectivity index (χ1) is 7.75. The molecule has 0 bridgehead atoms. The van der Waals surface area contributed by atoms with Crippen molar-refractivity contribution in [2.45, 2.75) is 44.2 Å². The van der Waals surface area contributed by atoms with Gasteiger partial charge in [0, 0.05) is 24.5 Å². The molecule has 0 saturated carbocycles. The van der Waals surface area contributed by atoms with Gasteiger partial charge in [0.2, 0.25) is 10.0 Å². The van der Waals surface area contributed by atoms with Gasteiger partial charge < -0.3 is 10.1 Å². The van der Waals surface area contributed by atoms with E-state index in [2.05, 4.69) is 4.98 Å². The molecule has 98 valence electrons. The Morgan fingerprint density at radius 2 is 2.06 bits per heavy atom. The normalized spacial score (nSPS) is 13.3. The molecule has 0 unspecified atom stereocenters. The molecule has 1 rings (SSSR count). The molecule has 2 N–H and O–H groups in total. The molecule has 0 aliphatic carbocycles. The van der Waals surface area contributed by atoms with Gasteiger partial charge in [-0.25, -0.2) is 8.42 Å². The van der Waals surface area contributed by atoms with Crippen molar-refractivity contribution < 1.29 is 13.5 Å². The summed E-state index contributed by atoms with van der Waals surface area (Å²) in [6.45, 7) is 5.51. The van der Waals surface area contributed by atoms with E-state index in [1.807, 2.05) is 20.8 Å². The van der Waals surface area contributed by atoms with Crippen LogP contribution in [0, 0.1) is 0 Å². The summed E-state index contributed by atoms with van der Waals surface area (Å²) in [5.74, 6) is 0. The first kappa shape index (κ1) is 14.2. The van der Waals surface area contributed by atoms with Gasteiger partial charge >= 0.3 is 0 Å². The fourth-order valence-corrected chi connectivity index (χ4v) is 2.96. The van der Waals surface area contributed by atoms with E-state index in [1.165, 1.54) is 16.6 Å². The van der Waals surface area contributed by atoms with Crippen molar-refractivity contribution in [1.82, 2.24) is 9.29 Å². The fourth-order valence-electron chi connectivity index (χ4n) is 1.37. The molecule has 1 aromatic heterocycles. The van der Waals surface area contributed by atoms with E-state index in [-0.39, 0.29) is 11.5 Å². The lowest BCUT2D eigenvalue weighted by Crippen LogP contribution is -2.44. The number of rotatable bonds is 5. The second-order valence-corrected chi connectivity index (χ2v) is 6.63. The first-order valence-electron chi connectivity index (χ1n) is 5.53. The lowest BCUT2D eigenvalue weighted by atomic mass is 10.0. The van der Waals surface area contributed by atoms with Crippen LogP contribution in [0.4, 0.5) is 0 Å². The molecule has 0 spiro atoms. The molecular weight excluding hydrogens is 240 g/mol. The smallest absolute Gasteiger partial charge is 0.244 e. The maximum atomic E-state index is 12.3. The number of aromatic amines is 1. The Morgan fingerprint density at radius 3 is 2.47 bits per heavy atom. The van der Waals surface area contributed by atoms with Crippen molar-refractivity contribution in [3.63, 3.8) is 0 Å². The minimum absolute atomic E-state index is 0.186. The highest BCUT2D eigenvalue weighted by molar-refractivity contribution is 7.89. The number of hydrogen-bond acceptors (Lipinski definition) is 3. The molecule has 0 aromatic carbocycles. The Hall–Kier alpha value is -0.850. The summed E-state index contributed by atoms with van der Waals surface area (Å²) in [5.41, 5.74) is 0.0569. The highest BCUT2D eigenvalue weighted by atomic mass is 32.2. The van der Waals surface area contributed by atoms with E-state index in [9.17, 15) is 8.42 Å². The van der Waals surface area contributed by atoms with Crippen LogP contribution in [-0.4, -0.2) is 35.4 Å². The summed E-state index contributed by atoms with van der Waals surface area (Å²) in [6.07, 6.45) is 2.13. The van der Waals surface area contributed by atoms with Gasteiger partial charge in [0.05, 0.1) is 11.5 Å². The van der Waals surface area contributed by atoms with Crippen LogP contribution in [-0.2, 0) is 16.6 Å². The summed E-state index contributed by atoms with van der Waals surface area (Å²) in [4.78, 5) is 2.92. The third-order valence-electron chi connectivity index (χ3n) is 3.26. The van der Waals surface area contributed by atoms with Crippen LogP contribution >= 0.6 is 0 Å². The lowest BCUT2D eigenvalue weighted by molar-refractivity contribution is 0.257. The van der Waals surface area contributed by atoms with Crippen LogP contribution in [0.2, 0.25) is 0 Å². The minimum Gasteiger partial charge on any atom is -0.390 e. The van der Waals surface area contributed by atoms with E-state index >= 15 is 0 Å². The standard InChI is InChI=1S/C11H20N2O3S/c1-5-11(2,3)13(4)17(15,16)10-6-9(8-14)12-7-10/h6-7,12,14H,5,8H2,1-4H3. The van der Waals surface area contributed by atoms with Gasteiger partial charge in [0.15, 0.2) is 0 Å². The summed E-state index contributed by atoms with van der Waals surface area (Å²) < 4.78 is 25.9. The van der Waals surface area contributed by atoms with Gasteiger partial charge in [-0.15, -0.1) is 0 Å². The maximum Gasteiger partial charge on any atom is 0.244 e. The van der Waals surface area contributed by atoms with Crippen molar-refractivity contribution in [1.29, 1.82) is 0 Å². The summed E-state index contributed by atoms with van der Waals surface area (Å²) in [6, 6.07) is 1.46. The highest BCUT2D eigenvalue weighted by Gasteiger charge is 2.33. The Bertz CT molecular complexity index is 477. The monoisotopic (exact) mass is 260 g/mol. The number of aliphatic hydroxyl groups is 1. The Morgan fingerprint density at radius 1 is 1.47 bits per heavy atom. The van der Waals surface area contributed by atoms with Crippen molar-refractivity contribution in [2.24, 2.45) is 0 Å². The molecule has 0 aliphatic rings. The number of hydrogen-bond donors (Lipinski definition) is 2. The average Bonchev–Trinajstić information content (AvgIpc) is 2.77. The van der Waals surface area contributed by atoms with Gasteiger partial charge in [-0.3, -0.25) is 0 Å². The second-order valence-electron chi connectivity index (χ2n) is 4.66. The zero-order chi connectivity index (χ0) is 13.3. The number of aromatic nitrogens is 1. The largest absolute Gasteiger partial charge is 0.390 e. The van der Waals surface area contributed by atoms with Crippen molar-refractivity contribution in [3.8, 4) is 0 Å². The Kier molecular flexibility index (Phi) is 4.01. The molecule has 0 atom stereocenters. The van der Waals surface area contributed by atoms with E-state index in [0.29, 0.717) is 5.69 Å². The third-order valence-corrected chi connectivity index (χ3v) is 5.31. The number of nitrogens with one attached hydrogen (secondary N) is 1. The van der Waals surface area contributed by atoms with E-state index in [4.69, 9.17) is 5.11 Å². The molecule has 0 amide bonds. The van der Waals surface area contributed by atoms with E-state index in [0.717, 1.165) is 6.42 Å². The highest BCUT2D eigenvalue weighted by Crippen LogP contribution is 2.25. The summed E-state index contributed by atoms with van der Waals surface area (Å²) >= 11 is 0. The fraction of sp³-hybridized carbons (Fsp3) is 0.636. The Labute approximate surface area is 103 Å². The van der Waals surface area contributed by atoms with Crippen molar-refractivity contribution in [3.05, 3.63) is 18.0 Å². The van der Waals surface area contributed by atoms with Crippen molar-refractivity contribution >= 4 is 10.0 Å². The average molecular weight is 260 g/mol. The minimum atomic E-state index is -3.51. The summed E-state index contributed by atoms with van der Waals surface area (Å²) in [5, 5.41) is 8.92. The zero-order valence-corrected chi connectivity index (χ0v) is 11.5. The second kappa shape index (κ2) is 4.80. The van der Waals surface area contributed by atoms with Crippen LogP contribution in [0.5, 0.6) is 0 Å².